The number of anilines is 1. The fraction of sp³-hybridized carbons (Fsp3) is 0.353. The molecule has 2 rings (SSSR count). The highest BCUT2D eigenvalue weighted by Crippen LogP contribution is 2.39. The Kier molecular flexibility index (Phi) is 4.17. The van der Waals surface area contributed by atoms with Crippen molar-refractivity contribution >= 4 is 28.9 Å². The number of allylic oxidation sites excluding steroid dienone is 1. The van der Waals surface area contributed by atoms with Crippen LogP contribution in [0, 0.1) is 5.92 Å². The Morgan fingerprint density at radius 1 is 1.23 bits per heavy atom. The van der Waals surface area contributed by atoms with Gasteiger partial charge in [0.2, 0.25) is 5.91 Å². The van der Waals surface area contributed by atoms with Gasteiger partial charge in [0.15, 0.2) is 5.78 Å². The third kappa shape index (κ3) is 2.66. The van der Waals surface area contributed by atoms with E-state index in [1.54, 1.807) is 18.2 Å². The summed E-state index contributed by atoms with van der Waals surface area (Å²) in [5.74, 6) is -0.994. The lowest BCUT2D eigenvalue weighted by molar-refractivity contribution is -0.122. The molecule has 1 aliphatic rings. The van der Waals surface area contributed by atoms with Crippen molar-refractivity contribution in [2.24, 2.45) is 5.92 Å². The van der Waals surface area contributed by atoms with Crippen LogP contribution in [-0.2, 0) is 9.59 Å². The maximum atomic E-state index is 12.5. The first kappa shape index (κ1) is 15.9. The summed E-state index contributed by atoms with van der Waals surface area (Å²) in [5, 5.41) is 10.3. The summed E-state index contributed by atoms with van der Waals surface area (Å²) in [4.78, 5) is 36.9. The first-order valence-corrected chi connectivity index (χ1v) is 7.16. The molecule has 1 N–H and O–H groups in total. The molecule has 0 unspecified atom stereocenters. The van der Waals surface area contributed by atoms with Crippen LogP contribution >= 0.6 is 0 Å². The van der Waals surface area contributed by atoms with Gasteiger partial charge in [-0.15, -0.1) is 0 Å². The second-order valence-corrected chi connectivity index (χ2v) is 5.87. The van der Waals surface area contributed by atoms with Crippen LogP contribution in [0.5, 0.6) is 0 Å². The van der Waals surface area contributed by atoms with Crippen LogP contribution < -0.4 is 4.90 Å². The van der Waals surface area contributed by atoms with Crippen molar-refractivity contribution in [3.8, 4) is 0 Å². The van der Waals surface area contributed by atoms with Crippen molar-refractivity contribution < 1.29 is 19.5 Å². The Labute approximate surface area is 129 Å². The second-order valence-electron chi connectivity index (χ2n) is 5.87. The number of ketones is 1. The highest BCUT2D eigenvalue weighted by Gasteiger charge is 2.37. The van der Waals surface area contributed by atoms with Crippen molar-refractivity contribution in [3.05, 3.63) is 35.1 Å². The quantitative estimate of drug-likeness (QED) is 0.529. The van der Waals surface area contributed by atoms with E-state index in [1.165, 1.54) is 13.8 Å². The van der Waals surface area contributed by atoms with Gasteiger partial charge < -0.3 is 5.11 Å². The van der Waals surface area contributed by atoms with Gasteiger partial charge in [-0.3, -0.25) is 14.4 Å². The molecule has 0 bridgehead atoms. The zero-order chi connectivity index (χ0) is 16.6. The maximum absolute atomic E-state index is 12.5. The number of hydrogen-bond donors (Lipinski definition) is 1. The smallest absolute Gasteiger partial charge is 0.269 e. The van der Waals surface area contributed by atoms with E-state index >= 15 is 0 Å². The summed E-state index contributed by atoms with van der Waals surface area (Å²) in [6, 6.07) is 4.71. The molecule has 5 heteroatoms. The molecule has 0 saturated carbocycles. The number of carbonyl (C=O) groups excluding carboxylic acids is 3. The number of aliphatic hydroxyl groups excluding tert-OH is 1. The van der Waals surface area contributed by atoms with E-state index in [0.29, 0.717) is 23.2 Å². The van der Waals surface area contributed by atoms with Gasteiger partial charge in [-0.25, -0.2) is 4.90 Å². The van der Waals surface area contributed by atoms with Crippen molar-refractivity contribution in [3.63, 3.8) is 0 Å². The van der Waals surface area contributed by atoms with E-state index in [2.05, 4.69) is 0 Å². The summed E-state index contributed by atoms with van der Waals surface area (Å²) in [6.45, 7) is 6.57. The van der Waals surface area contributed by atoms with E-state index in [9.17, 15) is 19.5 Å². The molecule has 116 valence electrons. The summed E-state index contributed by atoms with van der Waals surface area (Å²) < 4.78 is 0. The minimum atomic E-state index is -0.540. The van der Waals surface area contributed by atoms with Crippen molar-refractivity contribution in [1.29, 1.82) is 0 Å². The van der Waals surface area contributed by atoms with E-state index in [4.69, 9.17) is 0 Å². The topological polar surface area (TPSA) is 74.7 Å². The fourth-order valence-corrected chi connectivity index (χ4v) is 2.57. The minimum Gasteiger partial charge on any atom is -0.511 e. The zero-order valence-electron chi connectivity index (χ0n) is 13.1. The molecule has 0 saturated heterocycles. The largest absolute Gasteiger partial charge is 0.511 e. The fourth-order valence-electron chi connectivity index (χ4n) is 2.57. The zero-order valence-corrected chi connectivity index (χ0v) is 13.1. The van der Waals surface area contributed by atoms with E-state index in [0.717, 1.165) is 4.90 Å². The third-order valence-corrected chi connectivity index (χ3v) is 3.54. The molecule has 0 aliphatic carbocycles. The Morgan fingerprint density at radius 3 is 2.36 bits per heavy atom. The standard InChI is InChI=1S/C17H19NO4/c1-9(2)7-15(21)16-13-8-12(10(3)19)5-6-14(13)18(11(4)20)17(16)22/h5-6,8-9,21H,7H2,1-4H3. The van der Waals surface area contributed by atoms with Crippen molar-refractivity contribution in [1.82, 2.24) is 0 Å². The number of nitrogens with zero attached hydrogens (tertiary/aromatic N) is 1. The molecule has 5 nitrogen and oxygen atoms in total. The lowest BCUT2D eigenvalue weighted by Gasteiger charge is -2.12. The molecule has 0 aromatic heterocycles. The van der Waals surface area contributed by atoms with Crippen LogP contribution in [0.3, 0.4) is 0 Å². The number of amides is 2. The molecule has 0 radical (unpaired) electrons. The number of aliphatic hydroxyl groups is 1. The summed E-state index contributed by atoms with van der Waals surface area (Å²) in [7, 11) is 0. The third-order valence-electron chi connectivity index (χ3n) is 3.54. The van der Waals surface area contributed by atoms with Gasteiger partial charge in [-0.2, -0.15) is 0 Å². The van der Waals surface area contributed by atoms with Gasteiger partial charge in [0.05, 0.1) is 11.3 Å². The molecule has 1 heterocycles. The minimum absolute atomic E-state index is 0.0503. The van der Waals surface area contributed by atoms with E-state index < -0.39 is 11.8 Å². The number of Topliss-reactive ketones (excluding diaryl/α,β-unsaturated/α-hetero) is 1. The Bertz CT molecular complexity index is 701. The van der Waals surface area contributed by atoms with Crippen LogP contribution in [-0.4, -0.2) is 22.7 Å². The van der Waals surface area contributed by atoms with Crippen LogP contribution in [0.4, 0.5) is 5.69 Å². The highest BCUT2D eigenvalue weighted by atomic mass is 16.3. The predicted molar refractivity (Wildman–Crippen MR) is 83.6 cm³/mol. The van der Waals surface area contributed by atoms with Gasteiger partial charge in [-0.1, -0.05) is 13.8 Å². The Morgan fingerprint density at radius 2 is 1.86 bits per heavy atom. The number of fused-ring (bicyclic) bond motifs is 1. The summed E-state index contributed by atoms with van der Waals surface area (Å²) in [6.07, 6.45) is 0.330. The predicted octanol–water partition coefficient (Wildman–Crippen LogP) is 3.10. The van der Waals surface area contributed by atoms with E-state index in [1.807, 2.05) is 13.8 Å². The molecule has 2 amide bonds. The molecular formula is C17H19NO4. The van der Waals surface area contributed by atoms with Gasteiger partial charge >= 0.3 is 0 Å². The van der Waals surface area contributed by atoms with Crippen LogP contribution in [0.2, 0.25) is 0 Å². The van der Waals surface area contributed by atoms with Crippen molar-refractivity contribution in [2.45, 2.75) is 34.1 Å². The Balaban J connectivity index is 2.68. The SMILES string of the molecule is CC(=O)c1ccc2c(c1)C(=C(O)CC(C)C)C(=O)N2C(C)=O. The van der Waals surface area contributed by atoms with Crippen LogP contribution in [0.1, 0.15) is 50.0 Å². The summed E-state index contributed by atoms with van der Waals surface area (Å²) >= 11 is 0. The molecule has 0 fully saturated rings. The number of benzene rings is 1. The van der Waals surface area contributed by atoms with Gasteiger partial charge in [-0.05, 0) is 31.0 Å². The molecule has 1 aliphatic heterocycles. The Hall–Kier alpha value is -2.43. The lowest BCUT2D eigenvalue weighted by Crippen LogP contribution is -2.31. The van der Waals surface area contributed by atoms with Crippen molar-refractivity contribution in [2.75, 3.05) is 4.90 Å². The van der Waals surface area contributed by atoms with Gasteiger partial charge in [0, 0.05) is 24.5 Å². The number of rotatable bonds is 3. The highest BCUT2D eigenvalue weighted by molar-refractivity contribution is 6.40. The molecule has 0 atom stereocenters. The monoisotopic (exact) mass is 301 g/mol. The molecular weight excluding hydrogens is 282 g/mol. The lowest BCUT2D eigenvalue weighted by atomic mass is 9.98. The molecule has 22 heavy (non-hydrogen) atoms. The normalized spacial score (nSPS) is 16.0. The van der Waals surface area contributed by atoms with Gasteiger partial charge in [0.1, 0.15) is 5.76 Å². The summed E-state index contributed by atoms with van der Waals surface area (Å²) in [5.41, 5.74) is 1.40. The van der Waals surface area contributed by atoms with Gasteiger partial charge in [0.25, 0.3) is 5.91 Å². The second kappa shape index (κ2) is 5.75. The average Bonchev–Trinajstić information content (AvgIpc) is 2.68. The van der Waals surface area contributed by atoms with E-state index in [-0.39, 0.29) is 23.0 Å². The maximum Gasteiger partial charge on any atom is 0.269 e. The molecule has 1 aromatic carbocycles. The number of carbonyl (C=O) groups is 3. The molecule has 1 aromatic rings. The average molecular weight is 301 g/mol. The first-order valence-electron chi connectivity index (χ1n) is 7.16. The van der Waals surface area contributed by atoms with Crippen LogP contribution in [0.15, 0.2) is 24.0 Å². The molecule has 0 spiro atoms. The first-order chi connectivity index (χ1) is 10.2. The number of imide groups is 1. The van der Waals surface area contributed by atoms with Crippen LogP contribution in [0.25, 0.3) is 5.57 Å². The number of hydrogen-bond acceptors (Lipinski definition) is 4.